The minimum atomic E-state index is -1.92. The van der Waals surface area contributed by atoms with Crippen molar-refractivity contribution in [2.45, 2.75) is 0 Å². The first-order valence-electron chi connectivity index (χ1n) is 0.516. The van der Waals surface area contributed by atoms with Gasteiger partial charge >= 0.3 is 50.6 Å². The third-order valence-electron chi connectivity index (χ3n) is 0. The van der Waals surface area contributed by atoms with E-state index in [0.717, 1.165) is 0 Å². The molecule has 6 heavy (non-hydrogen) atoms. The van der Waals surface area contributed by atoms with Crippen LogP contribution in [0.15, 0.2) is 0 Å². The average Bonchev–Trinajstić information content (AvgIpc) is 1.39. The van der Waals surface area contributed by atoms with Crippen molar-refractivity contribution in [3.05, 3.63) is 0 Å². The molecule has 0 bridgehead atoms. The van der Waals surface area contributed by atoms with Crippen molar-refractivity contribution in [2.75, 3.05) is 0 Å². The molecule has 0 spiro atoms. The molecule has 0 heterocycles. The zero-order chi connectivity index (χ0) is 5.41. The van der Waals surface area contributed by atoms with Crippen LogP contribution in [0.5, 0.6) is 0 Å². The molecule has 0 aromatic carbocycles. The first-order chi connectivity index (χ1) is 2.83. The molecule has 0 N–H and O–H groups in total. The van der Waals surface area contributed by atoms with E-state index in [-0.39, 0.29) is 0 Å². The van der Waals surface area contributed by atoms with Crippen LogP contribution in [0.1, 0.15) is 0 Å². The molecule has 44 valence electrons. The Labute approximate surface area is 50.6 Å². The van der Waals surface area contributed by atoms with Crippen LogP contribution in [0.3, 0.4) is 0 Å². The Bertz CT molecular complexity index is 59.5. The van der Waals surface area contributed by atoms with Crippen molar-refractivity contribution in [1.29, 1.82) is 0 Å². The normalized spacial score (nSPS) is 6.67. The van der Waals surface area contributed by atoms with Crippen LogP contribution in [-0.2, 0) is 50.6 Å². The molecule has 0 fully saturated rings. The number of hydrogen-bond acceptors (Lipinski definition) is 4. The Balaban J connectivity index is 0. The Morgan fingerprint density at radius 2 is 0.667 bits per heavy atom. The molecule has 0 rings (SSSR count). The average molecular weight is 454 g/mol. The Morgan fingerprint density at radius 3 is 0.667 bits per heavy atom. The molecule has 0 aromatic heterocycles. The van der Waals surface area contributed by atoms with Gasteiger partial charge in [-0.25, -0.2) is 0 Å². The van der Waals surface area contributed by atoms with Crippen molar-refractivity contribution >= 4 is 0 Å². The molecule has 0 aliphatic rings. The predicted molar refractivity (Wildman–Crippen MR) is 2.75 cm³/mol. The standard InChI is InChI=1S/4O.2Pt. The van der Waals surface area contributed by atoms with Crippen molar-refractivity contribution in [2.24, 2.45) is 0 Å². The van der Waals surface area contributed by atoms with Crippen molar-refractivity contribution < 1.29 is 50.6 Å². The molecule has 6 heteroatoms. The van der Waals surface area contributed by atoms with E-state index >= 15 is 0 Å². The number of rotatable bonds is 0. The molecule has 0 unspecified atom stereocenters. The first-order valence-corrected chi connectivity index (χ1v) is 4.23. The van der Waals surface area contributed by atoms with Gasteiger partial charge in [0, 0.05) is 0 Å². The van der Waals surface area contributed by atoms with Crippen molar-refractivity contribution in [1.82, 2.24) is 0 Å². The molecule has 0 radical (unpaired) electrons. The second-order valence-electron chi connectivity index (χ2n) is 0.105. The molecular weight excluding hydrogens is 454 g/mol. The van der Waals surface area contributed by atoms with E-state index < -0.39 is 37.0 Å². The molecule has 4 nitrogen and oxygen atoms in total. The fourth-order valence-corrected chi connectivity index (χ4v) is 0. The number of hydrogen-bond donors (Lipinski definition) is 0. The molecule has 0 saturated carbocycles. The van der Waals surface area contributed by atoms with Gasteiger partial charge < -0.3 is 0 Å². The van der Waals surface area contributed by atoms with Crippen LogP contribution in [-0.4, -0.2) is 0 Å². The van der Waals surface area contributed by atoms with E-state index in [2.05, 4.69) is 0 Å². The molecule has 0 atom stereocenters. The van der Waals surface area contributed by atoms with E-state index in [1.807, 2.05) is 0 Å². The van der Waals surface area contributed by atoms with E-state index in [4.69, 9.17) is 13.6 Å². The zero-order valence-corrected chi connectivity index (χ0v) is 6.81. The summed E-state index contributed by atoms with van der Waals surface area (Å²) in [4.78, 5) is 0. The fraction of sp³-hybridized carbons (Fsp3) is 0. The van der Waals surface area contributed by atoms with Gasteiger partial charge in [-0.3, -0.25) is 0 Å². The van der Waals surface area contributed by atoms with Gasteiger partial charge in [0.05, 0.1) is 0 Å². The van der Waals surface area contributed by atoms with Crippen molar-refractivity contribution in [3.63, 3.8) is 0 Å². The maximum atomic E-state index is 8.49. The molecule has 0 aliphatic carbocycles. The Morgan fingerprint density at radius 1 is 0.667 bits per heavy atom. The van der Waals surface area contributed by atoms with Gasteiger partial charge in [0.15, 0.2) is 0 Å². The van der Waals surface area contributed by atoms with Crippen LogP contribution < -0.4 is 0 Å². The molecule has 0 saturated heterocycles. The summed E-state index contributed by atoms with van der Waals surface area (Å²) in [6.07, 6.45) is 0. The monoisotopic (exact) mass is 454 g/mol. The van der Waals surface area contributed by atoms with Crippen LogP contribution in [0.4, 0.5) is 0 Å². The summed E-state index contributed by atoms with van der Waals surface area (Å²) >= 11 is -3.83. The predicted octanol–water partition coefficient (Wildman–Crippen LogP) is -0.480. The van der Waals surface area contributed by atoms with Gasteiger partial charge in [0.25, 0.3) is 0 Å². The van der Waals surface area contributed by atoms with E-state index in [1.54, 1.807) is 0 Å². The Hall–Kier alpha value is 0.577. The van der Waals surface area contributed by atoms with Crippen molar-refractivity contribution in [3.8, 4) is 0 Å². The van der Waals surface area contributed by atoms with Gasteiger partial charge in [0.1, 0.15) is 0 Å². The van der Waals surface area contributed by atoms with E-state index in [9.17, 15) is 0 Å². The van der Waals surface area contributed by atoms with Crippen LogP contribution in [0.2, 0.25) is 0 Å². The van der Waals surface area contributed by atoms with Gasteiger partial charge in [-0.05, 0) is 0 Å². The van der Waals surface area contributed by atoms with Gasteiger partial charge in [-0.1, -0.05) is 0 Å². The molecule has 0 amide bonds. The SMILES string of the molecule is [O]=[Pt]=[O].[O]=[Pt]=[O]. The third kappa shape index (κ3) is 176. The van der Waals surface area contributed by atoms with Gasteiger partial charge in [0.2, 0.25) is 0 Å². The molecular formula is O4Pt2. The summed E-state index contributed by atoms with van der Waals surface area (Å²) in [5, 5.41) is 0. The maximum absolute atomic E-state index is 8.49. The summed E-state index contributed by atoms with van der Waals surface area (Å²) in [7, 11) is 0. The van der Waals surface area contributed by atoms with Gasteiger partial charge in [-0.15, -0.1) is 0 Å². The van der Waals surface area contributed by atoms with Crippen LogP contribution in [0, 0.1) is 0 Å². The Kier molecular flexibility index (Phi) is 28.6. The zero-order valence-electron chi connectivity index (χ0n) is 2.27. The minimum absolute atomic E-state index is 1.92. The first kappa shape index (κ1) is 9.76. The fourth-order valence-electron chi connectivity index (χ4n) is 0. The second kappa shape index (κ2) is 17.6. The van der Waals surface area contributed by atoms with E-state index in [0.29, 0.717) is 0 Å². The molecule has 0 aliphatic heterocycles. The van der Waals surface area contributed by atoms with E-state index in [1.165, 1.54) is 0 Å². The summed E-state index contributed by atoms with van der Waals surface area (Å²) in [5.74, 6) is 0. The van der Waals surface area contributed by atoms with Crippen LogP contribution in [0.25, 0.3) is 0 Å². The second-order valence-corrected chi connectivity index (χ2v) is 0.863. The summed E-state index contributed by atoms with van der Waals surface area (Å²) in [5.41, 5.74) is 0. The van der Waals surface area contributed by atoms with Gasteiger partial charge in [-0.2, -0.15) is 0 Å². The third-order valence-corrected chi connectivity index (χ3v) is 0. The topological polar surface area (TPSA) is 68.3 Å². The molecule has 0 aromatic rings. The quantitative estimate of drug-likeness (QED) is 0.496. The summed E-state index contributed by atoms with van der Waals surface area (Å²) in [6, 6.07) is 0. The summed E-state index contributed by atoms with van der Waals surface area (Å²) < 4.78 is 33.9. The van der Waals surface area contributed by atoms with Crippen LogP contribution >= 0.6 is 0 Å². The summed E-state index contributed by atoms with van der Waals surface area (Å²) in [6.45, 7) is 0.